The Bertz CT molecular complexity index is 609. The lowest BCUT2D eigenvalue weighted by Gasteiger charge is -2.23. The quantitative estimate of drug-likeness (QED) is 0.880. The molecule has 0 aliphatic carbocycles. The van der Waals surface area contributed by atoms with E-state index in [0.29, 0.717) is 12.1 Å². The van der Waals surface area contributed by atoms with Gasteiger partial charge in [0.1, 0.15) is 17.5 Å². The molecule has 0 aliphatic rings. The molecule has 2 rings (SSSR count). The van der Waals surface area contributed by atoms with E-state index in [9.17, 15) is 13.2 Å². The molecular weight excluding hydrogens is 275 g/mol. The molecule has 1 unspecified atom stereocenters. The van der Waals surface area contributed by atoms with E-state index in [1.54, 1.807) is 13.8 Å². The average Bonchev–Trinajstić information content (AvgIpc) is 2.37. The molecule has 0 bridgehead atoms. The van der Waals surface area contributed by atoms with Crippen molar-refractivity contribution in [1.82, 2.24) is 5.32 Å². The number of hydrogen-bond acceptors (Lipinski definition) is 1. The molecule has 2 aromatic carbocycles. The minimum Gasteiger partial charge on any atom is -0.306 e. The summed E-state index contributed by atoms with van der Waals surface area (Å²) in [5.41, 5.74) is 1.58. The molecule has 0 saturated heterocycles. The van der Waals surface area contributed by atoms with Crippen LogP contribution in [0.4, 0.5) is 13.2 Å². The summed E-state index contributed by atoms with van der Waals surface area (Å²) in [6.45, 7) is 5.80. The third-order valence-corrected chi connectivity index (χ3v) is 3.47. The first-order valence-electron chi connectivity index (χ1n) is 6.89. The Balaban J connectivity index is 2.65. The molecule has 21 heavy (non-hydrogen) atoms. The maximum atomic E-state index is 14.3. The number of hydrogen-bond donors (Lipinski definition) is 1. The average molecular weight is 293 g/mol. The van der Waals surface area contributed by atoms with Crippen molar-refractivity contribution in [3.8, 4) is 0 Å². The molecule has 0 amide bonds. The highest BCUT2D eigenvalue weighted by molar-refractivity contribution is 5.41. The fourth-order valence-corrected chi connectivity index (χ4v) is 2.63. The summed E-state index contributed by atoms with van der Waals surface area (Å²) in [5.74, 6) is -1.82. The number of aryl methyl sites for hydroxylation is 2. The van der Waals surface area contributed by atoms with E-state index in [-0.39, 0.29) is 11.1 Å². The van der Waals surface area contributed by atoms with Crippen molar-refractivity contribution >= 4 is 0 Å². The zero-order chi connectivity index (χ0) is 15.6. The zero-order valence-electron chi connectivity index (χ0n) is 12.3. The monoisotopic (exact) mass is 293 g/mol. The van der Waals surface area contributed by atoms with E-state index in [4.69, 9.17) is 0 Å². The van der Waals surface area contributed by atoms with Gasteiger partial charge in [0.2, 0.25) is 0 Å². The second-order valence-electron chi connectivity index (χ2n) is 5.10. The number of halogens is 3. The predicted molar refractivity (Wildman–Crippen MR) is 77.8 cm³/mol. The molecule has 0 aliphatic heterocycles. The Labute approximate surface area is 122 Å². The van der Waals surface area contributed by atoms with Gasteiger partial charge in [-0.15, -0.1) is 0 Å². The molecule has 0 heterocycles. The van der Waals surface area contributed by atoms with Crippen LogP contribution in [-0.2, 0) is 0 Å². The zero-order valence-corrected chi connectivity index (χ0v) is 12.3. The molecule has 1 atom stereocenters. The number of rotatable bonds is 4. The Hall–Kier alpha value is -1.81. The van der Waals surface area contributed by atoms with E-state index < -0.39 is 23.5 Å². The molecule has 112 valence electrons. The molecule has 0 aromatic heterocycles. The largest absolute Gasteiger partial charge is 0.306 e. The van der Waals surface area contributed by atoms with Gasteiger partial charge < -0.3 is 5.32 Å². The van der Waals surface area contributed by atoms with E-state index in [1.165, 1.54) is 24.3 Å². The Kier molecular flexibility index (Phi) is 4.68. The third kappa shape index (κ3) is 3.10. The first-order chi connectivity index (χ1) is 9.95. The molecule has 0 saturated carbocycles. The molecule has 4 heteroatoms. The lowest BCUT2D eigenvalue weighted by molar-refractivity contribution is 0.493. The summed E-state index contributed by atoms with van der Waals surface area (Å²) in [6.07, 6.45) is 0. The fraction of sp³-hybridized carbons (Fsp3) is 0.294. The molecule has 2 aromatic rings. The summed E-state index contributed by atoms with van der Waals surface area (Å²) in [5, 5.41) is 2.98. The minimum absolute atomic E-state index is 0.148. The smallest absolute Gasteiger partial charge is 0.131 e. The van der Waals surface area contributed by atoms with Crippen molar-refractivity contribution in [1.29, 1.82) is 0 Å². The van der Waals surface area contributed by atoms with Gasteiger partial charge in [0, 0.05) is 11.1 Å². The van der Waals surface area contributed by atoms with Crippen LogP contribution in [0.3, 0.4) is 0 Å². The van der Waals surface area contributed by atoms with Crippen LogP contribution in [0.25, 0.3) is 0 Å². The van der Waals surface area contributed by atoms with Crippen LogP contribution in [0.2, 0.25) is 0 Å². The first kappa shape index (κ1) is 15.6. The lowest BCUT2D eigenvalue weighted by atomic mass is 9.92. The van der Waals surface area contributed by atoms with Gasteiger partial charge in [-0.1, -0.05) is 19.1 Å². The van der Waals surface area contributed by atoms with Gasteiger partial charge in [0.15, 0.2) is 0 Å². The summed E-state index contributed by atoms with van der Waals surface area (Å²) in [4.78, 5) is 0. The predicted octanol–water partition coefficient (Wildman–Crippen LogP) is 4.42. The summed E-state index contributed by atoms with van der Waals surface area (Å²) in [6, 6.07) is 6.01. The van der Waals surface area contributed by atoms with Crippen LogP contribution < -0.4 is 5.32 Å². The highest BCUT2D eigenvalue weighted by Gasteiger charge is 2.25. The second kappa shape index (κ2) is 6.31. The van der Waals surface area contributed by atoms with Crippen LogP contribution in [0.15, 0.2) is 30.3 Å². The molecule has 1 N–H and O–H groups in total. The number of benzene rings is 2. The molecule has 1 nitrogen and oxygen atoms in total. The van der Waals surface area contributed by atoms with Crippen molar-refractivity contribution in [2.45, 2.75) is 26.8 Å². The Morgan fingerprint density at radius 3 is 2.10 bits per heavy atom. The summed E-state index contributed by atoms with van der Waals surface area (Å²) >= 11 is 0. The van der Waals surface area contributed by atoms with Crippen LogP contribution in [0, 0.1) is 31.3 Å². The Morgan fingerprint density at radius 2 is 1.57 bits per heavy atom. The normalized spacial score (nSPS) is 12.5. The maximum absolute atomic E-state index is 14.3. The van der Waals surface area contributed by atoms with Crippen molar-refractivity contribution < 1.29 is 13.2 Å². The second-order valence-corrected chi connectivity index (χ2v) is 5.10. The highest BCUT2D eigenvalue weighted by Crippen LogP contribution is 2.31. The standard InChI is InChI=1S/C17H18F3N/c1-4-21-17(16-12(18)6-5-7-13(16)19)15-11(3)8-10(2)9-14(15)20/h5-9,17,21H,4H2,1-3H3. The van der Waals surface area contributed by atoms with Gasteiger partial charge in [-0.2, -0.15) is 0 Å². The number of nitrogens with one attached hydrogen (secondary N) is 1. The van der Waals surface area contributed by atoms with Crippen molar-refractivity contribution in [2.75, 3.05) is 6.54 Å². The fourth-order valence-electron chi connectivity index (χ4n) is 2.63. The molecular formula is C17H18F3N. The van der Waals surface area contributed by atoms with E-state index in [2.05, 4.69) is 5.32 Å². The van der Waals surface area contributed by atoms with E-state index in [1.807, 2.05) is 13.0 Å². The van der Waals surface area contributed by atoms with Gasteiger partial charge in [0.25, 0.3) is 0 Å². The van der Waals surface area contributed by atoms with Gasteiger partial charge >= 0.3 is 0 Å². The van der Waals surface area contributed by atoms with Crippen molar-refractivity contribution in [2.24, 2.45) is 0 Å². The van der Waals surface area contributed by atoms with E-state index in [0.717, 1.165) is 5.56 Å². The van der Waals surface area contributed by atoms with Crippen LogP contribution >= 0.6 is 0 Å². The molecule has 0 fully saturated rings. The van der Waals surface area contributed by atoms with E-state index >= 15 is 0 Å². The maximum Gasteiger partial charge on any atom is 0.131 e. The minimum atomic E-state index is -0.850. The Morgan fingerprint density at radius 1 is 0.952 bits per heavy atom. The SMILES string of the molecule is CCNC(c1c(C)cc(C)cc1F)c1c(F)cccc1F. The molecule has 0 radical (unpaired) electrons. The summed E-state index contributed by atoms with van der Waals surface area (Å²) in [7, 11) is 0. The van der Waals surface area contributed by atoms with Crippen LogP contribution in [-0.4, -0.2) is 6.54 Å². The van der Waals surface area contributed by atoms with Gasteiger partial charge in [-0.05, 0) is 49.7 Å². The first-order valence-corrected chi connectivity index (χ1v) is 6.89. The van der Waals surface area contributed by atoms with Crippen LogP contribution in [0.5, 0.6) is 0 Å². The summed E-state index contributed by atoms with van der Waals surface area (Å²) < 4.78 is 42.4. The van der Waals surface area contributed by atoms with Crippen LogP contribution in [0.1, 0.15) is 35.2 Å². The third-order valence-electron chi connectivity index (χ3n) is 3.47. The van der Waals surface area contributed by atoms with Gasteiger partial charge in [0.05, 0.1) is 6.04 Å². The topological polar surface area (TPSA) is 12.0 Å². The molecule has 0 spiro atoms. The van der Waals surface area contributed by atoms with Gasteiger partial charge in [-0.3, -0.25) is 0 Å². The highest BCUT2D eigenvalue weighted by atomic mass is 19.1. The van der Waals surface area contributed by atoms with Gasteiger partial charge in [-0.25, -0.2) is 13.2 Å². The lowest BCUT2D eigenvalue weighted by Crippen LogP contribution is -2.26. The van der Waals surface area contributed by atoms with Crippen molar-refractivity contribution in [3.05, 3.63) is 70.0 Å². The van der Waals surface area contributed by atoms with Crippen molar-refractivity contribution in [3.63, 3.8) is 0 Å².